The molecule has 0 saturated heterocycles. The first-order chi connectivity index (χ1) is 17.1. The predicted molar refractivity (Wildman–Crippen MR) is 131 cm³/mol. The van der Waals surface area contributed by atoms with E-state index in [0.29, 0.717) is 41.5 Å². The van der Waals surface area contributed by atoms with E-state index in [1.807, 2.05) is 36.4 Å². The summed E-state index contributed by atoms with van der Waals surface area (Å²) in [4.78, 5) is 15.8. The van der Waals surface area contributed by atoms with Crippen LogP contribution in [0.15, 0.2) is 48.5 Å². The van der Waals surface area contributed by atoms with Crippen LogP contribution in [0.5, 0.6) is 28.7 Å². The molecule has 0 fully saturated rings. The summed E-state index contributed by atoms with van der Waals surface area (Å²) in [5, 5.41) is 0. The summed E-state index contributed by atoms with van der Waals surface area (Å²) in [7, 11) is 4.94. The van der Waals surface area contributed by atoms with Crippen LogP contribution >= 0.6 is 0 Å². The zero-order valence-corrected chi connectivity index (χ0v) is 20.3. The van der Waals surface area contributed by atoms with Gasteiger partial charge < -0.3 is 23.7 Å². The molecule has 0 bridgehead atoms. The lowest BCUT2D eigenvalue weighted by atomic mass is 9.92. The highest BCUT2D eigenvalue weighted by Crippen LogP contribution is 2.38. The van der Waals surface area contributed by atoms with E-state index < -0.39 is 0 Å². The number of rotatable bonds is 5. The van der Waals surface area contributed by atoms with Gasteiger partial charge >= 0.3 is 0 Å². The molecule has 0 aromatic heterocycles. The van der Waals surface area contributed by atoms with E-state index in [4.69, 9.17) is 23.7 Å². The van der Waals surface area contributed by atoms with E-state index in [0.717, 1.165) is 35.5 Å². The van der Waals surface area contributed by atoms with Crippen molar-refractivity contribution >= 4 is 5.78 Å². The molecule has 5 rings (SSSR count). The molecule has 2 aliphatic heterocycles. The van der Waals surface area contributed by atoms with Crippen molar-refractivity contribution in [2.75, 3.05) is 34.7 Å². The third-order valence-electron chi connectivity index (χ3n) is 6.64. The van der Waals surface area contributed by atoms with Crippen molar-refractivity contribution in [2.24, 2.45) is 0 Å². The molecule has 7 nitrogen and oxygen atoms in total. The maximum Gasteiger partial charge on any atom is 0.231 e. The lowest BCUT2D eigenvalue weighted by molar-refractivity contribution is 0.0990. The number of ketones is 1. The van der Waals surface area contributed by atoms with Gasteiger partial charge in [0.15, 0.2) is 28.8 Å². The molecular formula is C28H29NO6. The monoisotopic (exact) mass is 475 g/mol. The number of carbonyl (C=O) groups is 1. The second kappa shape index (κ2) is 9.88. The van der Waals surface area contributed by atoms with Gasteiger partial charge in [-0.1, -0.05) is 18.2 Å². The minimum absolute atomic E-state index is 0.0513. The van der Waals surface area contributed by atoms with Crippen LogP contribution in [0, 0.1) is 0 Å². The predicted octanol–water partition coefficient (Wildman–Crippen LogP) is 4.42. The summed E-state index contributed by atoms with van der Waals surface area (Å²) in [5.74, 6) is 3.53. The van der Waals surface area contributed by atoms with E-state index >= 15 is 0 Å². The quantitative estimate of drug-likeness (QED) is 0.541. The van der Waals surface area contributed by atoms with Gasteiger partial charge in [0.05, 0.1) is 21.3 Å². The number of methoxy groups -OCH3 is 3. The summed E-state index contributed by atoms with van der Waals surface area (Å²) in [5.41, 5.74) is 4.73. The lowest BCUT2D eigenvalue weighted by Crippen LogP contribution is -2.28. The minimum Gasteiger partial charge on any atom is -0.497 e. The van der Waals surface area contributed by atoms with Gasteiger partial charge in [-0.05, 0) is 53.4 Å². The van der Waals surface area contributed by atoms with Gasteiger partial charge in [0, 0.05) is 37.2 Å². The minimum atomic E-state index is 0.0513. The van der Waals surface area contributed by atoms with Crippen LogP contribution in [0.3, 0.4) is 0 Å². The molecule has 0 saturated carbocycles. The zero-order valence-electron chi connectivity index (χ0n) is 20.3. The van der Waals surface area contributed by atoms with Crippen LogP contribution in [0.1, 0.15) is 32.6 Å². The van der Waals surface area contributed by atoms with Crippen LogP contribution < -0.4 is 23.7 Å². The molecule has 0 unspecified atom stereocenters. The maximum atomic E-state index is 13.5. The standard InChI is InChI=1S/C28H29NO6/c1-31-21-7-4-18(5-8-21)15-29-11-10-20-13-26-27(35-17-34-26)14-22(20)24(30)12-19-6-9-25(32-2)28(33-3)23(19)16-29/h4-9,13-14H,10-12,15-17H2,1-3H3. The Morgan fingerprint density at radius 2 is 1.66 bits per heavy atom. The topological polar surface area (TPSA) is 66.5 Å². The zero-order chi connectivity index (χ0) is 24.4. The molecule has 0 amide bonds. The first-order valence-electron chi connectivity index (χ1n) is 11.6. The van der Waals surface area contributed by atoms with Crippen molar-refractivity contribution in [2.45, 2.75) is 25.9 Å². The third-order valence-corrected chi connectivity index (χ3v) is 6.64. The van der Waals surface area contributed by atoms with Gasteiger partial charge in [-0.3, -0.25) is 9.69 Å². The van der Waals surface area contributed by atoms with Crippen LogP contribution in [-0.4, -0.2) is 45.4 Å². The average molecular weight is 476 g/mol. The first kappa shape index (κ1) is 23.1. The Kier molecular flexibility index (Phi) is 6.51. The molecule has 0 N–H and O–H groups in total. The lowest BCUT2D eigenvalue weighted by Gasteiger charge is -2.27. The highest BCUT2D eigenvalue weighted by molar-refractivity contribution is 6.00. The van der Waals surface area contributed by atoms with E-state index in [1.165, 1.54) is 5.56 Å². The molecule has 182 valence electrons. The number of fused-ring (bicyclic) bond motifs is 3. The summed E-state index contributed by atoms with van der Waals surface area (Å²) in [6.07, 6.45) is 0.966. The normalized spacial score (nSPS) is 15.2. The van der Waals surface area contributed by atoms with Crippen LogP contribution in [0.4, 0.5) is 0 Å². The average Bonchev–Trinajstić information content (AvgIpc) is 3.35. The molecule has 3 aromatic rings. The fourth-order valence-electron chi connectivity index (χ4n) is 4.79. The van der Waals surface area contributed by atoms with Crippen LogP contribution in [0.2, 0.25) is 0 Å². The highest BCUT2D eigenvalue weighted by Gasteiger charge is 2.26. The number of benzene rings is 3. The molecule has 3 aromatic carbocycles. The smallest absolute Gasteiger partial charge is 0.231 e. The summed E-state index contributed by atoms with van der Waals surface area (Å²) in [6, 6.07) is 15.7. The Hall–Kier alpha value is -3.71. The Balaban J connectivity index is 1.57. The van der Waals surface area contributed by atoms with E-state index in [-0.39, 0.29) is 19.0 Å². The van der Waals surface area contributed by atoms with Crippen molar-refractivity contribution in [3.05, 3.63) is 76.3 Å². The van der Waals surface area contributed by atoms with Crippen LogP contribution in [0.25, 0.3) is 0 Å². The molecule has 0 radical (unpaired) electrons. The number of hydrogen-bond acceptors (Lipinski definition) is 7. The number of nitrogens with zero attached hydrogens (tertiary/aromatic N) is 1. The third kappa shape index (κ3) is 4.64. The Morgan fingerprint density at radius 3 is 2.37 bits per heavy atom. The largest absolute Gasteiger partial charge is 0.497 e. The Labute approximate surface area is 205 Å². The second-order valence-corrected chi connectivity index (χ2v) is 8.71. The summed E-state index contributed by atoms with van der Waals surface area (Å²) < 4.78 is 27.8. The SMILES string of the molecule is COc1ccc(CN2CCc3cc4c(cc3C(=O)Cc3ccc(OC)c(OC)c3C2)OCO4)cc1. The molecule has 35 heavy (non-hydrogen) atoms. The molecule has 0 aliphatic carbocycles. The molecule has 0 atom stereocenters. The van der Waals surface area contributed by atoms with Crippen molar-refractivity contribution in [3.63, 3.8) is 0 Å². The Morgan fingerprint density at radius 1 is 0.886 bits per heavy atom. The summed E-state index contributed by atoms with van der Waals surface area (Å²) in [6.45, 7) is 2.27. The van der Waals surface area contributed by atoms with Gasteiger partial charge in [0.2, 0.25) is 6.79 Å². The van der Waals surface area contributed by atoms with Gasteiger partial charge in [-0.15, -0.1) is 0 Å². The van der Waals surface area contributed by atoms with Crippen molar-refractivity contribution in [1.29, 1.82) is 0 Å². The molecule has 2 aliphatic rings. The fraction of sp³-hybridized carbons (Fsp3) is 0.321. The number of Topliss-reactive ketones (excluding diaryl/α,β-unsaturated/α-hetero) is 1. The molecule has 0 spiro atoms. The van der Waals surface area contributed by atoms with Gasteiger partial charge in [0.25, 0.3) is 0 Å². The maximum absolute atomic E-state index is 13.5. The van der Waals surface area contributed by atoms with E-state index in [9.17, 15) is 4.79 Å². The van der Waals surface area contributed by atoms with E-state index in [2.05, 4.69) is 17.0 Å². The molecule has 7 heteroatoms. The highest BCUT2D eigenvalue weighted by atomic mass is 16.7. The van der Waals surface area contributed by atoms with Crippen molar-refractivity contribution in [3.8, 4) is 28.7 Å². The number of ether oxygens (including phenoxy) is 5. The van der Waals surface area contributed by atoms with Gasteiger partial charge in [-0.2, -0.15) is 0 Å². The van der Waals surface area contributed by atoms with Crippen molar-refractivity contribution < 1.29 is 28.5 Å². The Bertz CT molecular complexity index is 1240. The van der Waals surface area contributed by atoms with Crippen molar-refractivity contribution in [1.82, 2.24) is 4.90 Å². The van der Waals surface area contributed by atoms with Crippen LogP contribution in [-0.2, 0) is 25.9 Å². The van der Waals surface area contributed by atoms with Gasteiger partial charge in [-0.25, -0.2) is 0 Å². The second-order valence-electron chi connectivity index (χ2n) is 8.71. The van der Waals surface area contributed by atoms with Gasteiger partial charge in [0.1, 0.15) is 5.75 Å². The first-order valence-corrected chi connectivity index (χ1v) is 11.6. The molecular weight excluding hydrogens is 446 g/mol. The van der Waals surface area contributed by atoms with E-state index in [1.54, 1.807) is 21.3 Å². The molecule has 2 heterocycles. The fourth-order valence-corrected chi connectivity index (χ4v) is 4.79. The number of carbonyl (C=O) groups excluding carboxylic acids is 1. The number of hydrogen-bond donors (Lipinski definition) is 0. The summed E-state index contributed by atoms with van der Waals surface area (Å²) >= 11 is 0.